The molecule has 168 valence electrons. The molecule has 7 nitrogen and oxygen atoms in total. The van der Waals surface area contributed by atoms with Crippen molar-refractivity contribution in [2.75, 3.05) is 11.9 Å². The fraction of sp³-hybridized carbons (Fsp3) is 0.231. The third-order valence-electron chi connectivity index (χ3n) is 5.63. The molecule has 1 unspecified atom stereocenters. The van der Waals surface area contributed by atoms with Crippen molar-refractivity contribution < 1.29 is 14.4 Å². The first kappa shape index (κ1) is 22.2. The van der Waals surface area contributed by atoms with Crippen LogP contribution in [0.15, 0.2) is 79.1 Å². The van der Waals surface area contributed by atoms with Crippen molar-refractivity contribution in [1.29, 1.82) is 0 Å². The molecule has 3 amide bonds. The van der Waals surface area contributed by atoms with E-state index in [0.29, 0.717) is 24.2 Å². The summed E-state index contributed by atoms with van der Waals surface area (Å²) in [5, 5.41) is 5.83. The molecule has 1 aromatic heterocycles. The molecule has 0 spiro atoms. The molecule has 4 rings (SSSR count). The van der Waals surface area contributed by atoms with Gasteiger partial charge in [0.2, 0.25) is 11.8 Å². The predicted octanol–water partition coefficient (Wildman–Crippen LogP) is 3.70. The number of pyridine rings is 1. The monoisotopic (exact) mass is 442 g/mol. The van der Waals surface area contributed by atoms with Crippen LogP contribution < -0.4 is 10.6 Å². The summed E-state index contributed by atoms with van der Waals surface area (Å²) in [4.78, 5) is 43.8. The van der Waals surface area contributed by atoms with E-state index in [1.54, 1.807) is 35.5 Å². The number of amides is 3. The standard InChI is InChI=1S/C26H26N4O3/c31-23-11-4-5-16-30(23)24(20-8-2-1-3-9-20)26(33)28-18-19-7-6-10-22(17-19)29-25(32)21-12-14-27-15-13-21/h1-3,6-10,12-15,17,24H,4-5,11,16,18H2,(H,28,33)(H,29,32). The van der Waals surface area contributed by atoms with Crippen molar-refractivity contribution in [1.82, 2.24) is 15.2 Å². The minimum atomic E-state index is -0.659. The van der Waals surface area contributed by atoms with E-state index in [0.717, 1.165) is 24.0 Å². The molecular weight excluding hydrogens is 416 g/mol. The largest absolute Gasteiger partial charge is 0.350 e. The first-order valence-electron chi connectivity index (χ1n) is 11.0. The first-order chi connectivity index (χ1) is 16.1. The molecule has 33 heavy (non-hydrogen) atoms. The smallest absolute Gasteiger partial charge is 0.255 e. The maximum Gasteiger partial charge on any atom is 0.255 e. The lowest BCUT2D eigenvalue weighted by molar-refractivity contribution is -0.142. The van der Waals surface area contributed by atoms with E-state index in [-0.39, 0.29) is 24.3 Å². The zero-order valence-electron chi connectivity index (χ0n) is 18.2. The normalized spacial score (nSPS) is 14.4. The van der Waals surface area contributed by atoms with Gasteiger partial charge in [-0.15, -0.1) is 0 Å². The van der Waals surface area contributed by atoms with Gasteiger partial charge in [0.05, 0.1) is 0 Å². The highest BCUT2D eigenvalue weighted by molar-refractivity contribution is 6.04. The lowest BCUT2D eigenvalue weighted by Crippen LogP contribution is -2.45. The molecule has 3 aromatic rings. The highest BCUT2D eigenvalue weighted by Crippen LogP contribution is 2.26. The van der Waals surface area contributed by atoms with Gasteiger partial charge in [-0.25, -0.2) is 0 Å². The summed E-state index contributed by atoms with van der Waals surface area (Å²) in [5.74, 6) is -0.444. The molecule has 1 aliphatic heterocycles. The van der Waals surface area contributed by atoms with E-state index in [2.05, 4.69) is 15.6 Å². The molecule has 2 heterocycles. The number of benzene rings is 2. The number of hydrogen-bond donors (Lipinski definition) is 2. The Kier molecular flexibility index (Phi) is 7.09. The van der Waals surface area contributed by atoms with Crippen LogP contribution in [0.2, 0.25) is 0 Å². The summed E-state index contributed by atoms with van der Waals surface area (Å²) in [6.45, 7) is 0.853. The highest BCUT2D eigenvalue weighted by Gasteiger charge is 2.32. The van der Waals surface area contributed by atoms with E-state index in [1.165, 1.54) is 0 Å². The molecule has 1 atom stereocenters. The average Bonchev–Trinajstić information content (AvgIpc) is 2.85. The third-order valence-corrected chi connectivity index (χ3v) is 5.63. The van der Waals surface area contributed by atoms with Gasteiger partial charge in [0.1, 0.15) is 6.04 Å². The van der Waals surface area contributed by atoms with Crippen LogP contribution in [0.5, 0.6) is 0 Å². The van der Waals surface area contributed by atoms with E-state index in [4.69, 9.17) is 0 Å². The molecule has 0 radical (unpaired) electrons. The summed E-state index contributed by atoms with van der Waals surface area (Å²) in [6.07, 6.45) is 5.35. The van der Waals surface area contributed by atoms with Gasteiger partial charge in [0.15, 0.2) is 0 Å². The van der Waals surface area contributed by atoms with Gasteiger partial charge in [-0.2, -0.15) is 0 Å². The van der Waals surface area contributed by atoms with Crippen molar-refractivity contribution in [3.63, 3.8) is 0 Å². The van der Waals surface area contributed by atoms with Crippen molar-refractivity contribution in [3.8, 4) is 0 Å². The van der Waals surface area contributed by atoms with Crippen LogP contribution in [0.4, 0.5) is 5.69 Å². The summed E-state index contributed by atoms with van der Waals surface area (Å²) < 4.78 is 0. The quantitative estimate of drug-likeness (QED) is 0.584. The van der Waals surface area contributed by atoms with Crippen LogP contribution in [-0.4, -0.2) is 34.2 Å². The van der Waals surface area contributed by atoms with Gasteiger partial charge >= 0.3 is 0 Å². The van der Waals surface area contributed by atoms with E-state index in [9.17, 15) is 14.4 Å². The van der Waals surface area contributed by atoms with Gasteiger partial charge in [0.25, 0.3) is 5.91 Å². The fourth-order valence-electron chi connectivity index (χ4n) is 3.96. The minimum absolute atomic E-state index is 0.00562. The van der Waals surface area contributed by atoms with Gasteiger partial charge in [0, 0.05) is 43.2 Å². The number of aromatic nitrogens is 1. The number of likely N-dealkylation sites (tertiary alicyclic amines) is 1. The number of carbonyl (C=O) groups excluding carboxylic acids is 3. The Hall–Kier alpha value is -4.00. The lowest BCUT2D eigenvalue weighted by atomic mass is 10.0. The van der Waals surface area contributed by atoms with Crippen LogP contribution in [0.25, 0.3) is 0 Å². The molecular formula is C26H26N4O3. The molecule has 0 bridgehead atoms. The number of rotatable bonds is 7. The van der Waals surface area contributed by atoms with Crippen LogP contribution in [0, 0.1) is 0 Å². The van der Waals surface area contributed by atoms with Crippen molar-refractivity contribution in [3.05, 3.63) is 95.8 Å². The lowest BCUT2D eigenvalue weighted by Gasteiger charge is -2.34. The summed E-state index contributed by atoms with van der Waals surface area (Å²) in [6, 6.07) is 19.3. The first-order valence-corrected chi connectivity index (χ1v) is 11.0. The van der Waals surface area contributed by atoms with Gasteiger partial charge in [-0.05, 0) is 48.2 Å². The van der Waals surface area contributed by atoms with Gasteiger partial charge in [-0.1, -0.05) is 42.5 Å². The summed E-state index contributed by atoms with van der Waals surface area (Å²) >= 11 is 0. The van der Waals surface area contributed by atoms with E-state index in [1.807, 2.05) is 48.5 Å². The second kappa shape index (κ2) is 10.5. The molecule has 2 N–H and O–H groups in total. The molecule has 0 saturated carbocycles. The van der Waals surface area contributed by atoms with Crippen LogP contribution in [0.1, 0.15) is 46.8 Å². The van der Waals surface area contributed by atoms with E-state index >= 15 is 0 Å². The maximum atomic E-state index is 13.2. The van der Waals surface area contributed by atoms with Crippen molar-refractivity contribution >= 4 is 23.4 Å². The Morgan fingerprint density at radius 3 is 2.52 bits per heavy atom. The van der Waals surface area contributed by atoms with Gasteiger partial charge < -0.3 is 15.5 Å². The van der Waals surface area contributed by atoms with E-state index < -0.39 is 6.04 Å². The molecule has 2 aromatic carbocycles. The Bertz CT molecular complexity index is 1120. The Labute approximate surface area is 192 Å². The number of carbonyl (C=O) groups is 3. The fourth-order valence-corrected chi connectivity index (χ4v) is 3.96. The number of nitrogens with one attached hydrogen (secondary N) is 2. The summed E-state index contributed by atoms with van der Waals surface area (Å²) in [5.41, 5.74) is 2.78. The van der Waals surface area contributed by atoms with Crippen LogP contribution in [0.3, 0.4) is 0 Å². The van der Waals surface area contributed by atoms with Gasteiger partial charge in [-0.3, -0.25) is 19.4 Å². The SMILES string of the molecule is O=C(Nc1cccc(CNC(=O)C(c2ccccc2)N2CCCCC2=O)c1)c1ccncc1. The zero-order valence-corrected chi connectivity index (χ0v) is 18.2. The zero-order chi connectivity index (χ0) is 23.0. The third kappa shape index (κ3) is 5.63. The highest BCUT2D eigenvalue weighted by atomic mass is 16.2. The van der Waals surface area contributed by atoms with Crippen LogP contribution >= 0.6 is 0 Å². The Balaban J connectivity index is 1.45. The minimum Gasteiger partial charge on any atom is -0.350 e. The average molecular weight is 443 g/mol. The molecule has 1 aliphatic rings. The topological polar surface area (TPSA) is 91.4 Å². The molecule has 0 aliphatic carbocycles. The second-order valence-corrected chi connectivity index (χ2v) is 7.97. The van der Waals surface area contributed by atoms with Crippen molar-refractivity contribution in [2.45, 2.75) is 31.8 Å². The number of piperidine rings is 1. The molecule has 1 fully saturated rings. The Morgan fingerprint density at radius 1 is 0.970 bits per heavy atom. The Morgan fingerprint density at radius 2 is 1.76 bits per heavy atom. The second-order valence-electron chi connectivity index (χ2n) is 7.97. The number of hydrogen-bond acceptors (Lipinski definition) is 4. The van der Waals surface area contributed by atoms with Crippen LogP contribution in [-0.2, 0) is 16.1 Å². The number of nitrogens with zero attached hydrogens (tertiary/aromatic N) is 2. The predicted molar refractivity (Wildman–Crippen MR) is 125 cm³/mol. The molecule has 1 saturated heterocycles. The summed E-state index contributed by atoms with van der Waals surface area (Å²) in [7, 11) is 0. The maximum absolute atomic E-state index is 13.2. The van der Waals surface area contributed by atoms with Crippen molar-refractivity contribution in [2.24, 2.45) is 0 Å². The molecule has 7 heteroatoms. The number of anilines is 1.